The second kappa shape index (κ2) is 19.4. The number of nitrogens with zero attached hydrogens (tertiary/aromatic N) is 6. The van der Waals surface area contributed by atoms with E-state index >= 15 is 0 Å². The lowest BCUT2D eigenvalue weighted by Crippen LogP contribution is -2.46. The van der Waals surface area contributed by atoms with E-state index in [0.717, 1.165) is 48.6 Å². The van der Waals surface area contributed by atoms with Gasteiger partial charge in [-0.3, -0.25) is 9.59 Å². The van der Waals surface area contributed by atoms with Crippen molar-refractivity contribution < 1.29 is 19.4 Å². The number of hydrogen-bond donors (Lipinski definition) is 3. The fraction of sp³-hybridized carbons (Fsp3) is 0.368. The van der Waals surface area contributed by atoms with Crippen LogP contribution in [0.15, 0.2) is 58.9 Å². The summed E-state index contributed by atoms with van der Waals surface area (Å²) in [6.07, 6.45) is 3.68. The zero-order valence-corrected chi connectivity index (χ0v) is 31.6. The fourth-order valence-corrected chi connectivity index (χ4v) is 7.91. The summed E-state index contributed by atoms with van der Waals surface area (Å²) in [4.78, 5) is 37.5. The van der Waals surface area contributed by atoms with E-state index in [0.29, 0.717) is 69.0 Å². The number of hydrogen-bond acceptors (Lipinski definition) is 12. The van der Waals surface area contributed by atoms with Crippen molar-refractivity contribution in [1.82, 2.24) is 14.9 Å². The molecule has 1 atom stereocenters. The highest BCUT2D eigenvalue weighted by molar-refractivity contribution is 7.98. The molecule has 1 aliphatic heterocycles. The number of benzene rings is 2. The van der Waals surface area contributed by atoms with Crippen molar-refractivity contribution in [3.63, 3.8) is 0 Å². The van der Waals surface area contributed by atoms with Gasteiger partial charge < -0.3 is 31.1 Å². The molecule has 53 heavy (non-hydrogen) atoms. The SMILES string of the molecule is N#Cc1c(SCc2csc(-c3ccc(Cl)cc3)n2)nc(N2CCCC2)c(C#N)c1-c1ccc(OCCN(CCC(=O)O)C(=O)[C@@H](N)CCCCN)cc1. The molecule has 4 aromatic rings. The number of carboxylic acid groups (broad SMARTS) is 1. The van der Waals surface area contributed by atoms with E-state index in [4.69, 9.17) is 37.8 Å². The number of carbonyl (C=O) groups excluding carboxylic acids is 1. The van der Waals surface area contributed by atoms with Crippen molar-refractivity contribution in [2.45, 2.75) is 55.3 Å². The molecule has 0 bridgehead atoms. The van der Waals surface area contributed by atoms with E-state index < -0.39 is 12.0 Å². The number of nitrogens with two attached hydrogens (primary N) is 2. The van der Waals surface area contributed by atoms with Gasteiger partial charge in [0, 0.05) is 46.9 Å². The Morgan fingerprint density at radius 1 is 1.02 bits per heavy atom. The molecule has 276 valence electrons. The summed E-state index contributed by atoms with van der Waals surface area (Å²) in [5.41, 5.74) is 15.3. The summed E-state index contributed by atoms with van der Waals surface area (Å²) in [5.74, 6) is 0.212. The van der Waals surface area contributed by atoms with Gasteiger partial charge in [0.05, 0.1) is 30.3 Å². The number of ether oxygens (including phenoxy) is 1. The van der Waals surface area contributed by atoms with Crippen molar-refractivity contribution in [3.05, 3.63) is 75.8 Å². The van der Waals surface area contributed by atoms with Gasteiger partial charge in [-0.15, -0.1) is 11.3 Å². The molecule has 2 aromatic carbocycles. The van der Waals surface area contributed by atoms with E-state index in [1.54, 1.807) is 24.3 Å². The highest BCUT2D eigenvalue weighted by atomic mass is 35.5. The van der Waals surface area contributed by atoms with Crippen LogP contribution in [0.2, 0.25) is 5.02 Å². The summed E-state index contributed by atoms with van der Waals surface area (Å²) in [5, 5.41) is 34.2. The lowest BCUT2D eigenvalue weighted by atomic mass is 9.96. The van der Waals surface area contributed by atoms with E-state index in [1.165, 1.54) is 28.0 Å². The number of unbranched alkanes of at least 4 members (excludes halogenated alkanes) is 1. The van der Waals surface area contributed by atoms with Crippen LogP contribution in [0.3, 0.4) is 0 Å². The van der Waals surface area contributed by atoms with Crippen molar-refractivity contribution in [1.29, 1.82) is 10.5 Å². The molecule has 1 saturated heterocycles. The van der Waals surface area contributed by atoms with Crippen LogP contribution >= 0.6 is 34.7 Å². The van der Waals surface area contributed by atoms with Crippen molar-refractivity contribution in [3.8, 4) is 39.6 Å². The quantitative estimate of drug-likeness (QED) is 0.0756. The van der Waals surface area contributed by atoms with Gasteiger partial charge in [0.15, 0.2) is 0 Å². The number of carbonyl (C=O) groups is 2. The van der Waals surface area contributed by atoms with Gasteiger partial charge in [0.2, 0.25) is 5.91 Å². The Morgan fingerprint density at radius 3 is 2.38 bits per heavy atom. The topological polar surface area (TPSA) is 195 Å². The Kier molecular flexibility index (Phi) is 14.5. The number of pyridine rings is 1. The molecule has 3 heterocycles. The third kappa shape index (κ3) is 10.5. The normalized spacial score (nSPS) is 13.0. The van der Waals surface area contributed by atoms with Crippen LogP contribution in [0.4, 0.5) is 5.82 Å². The predicted molar refractivity (Wildman–Crippen MR) is 208 cm³/mol. The Morgan fingerprint density at radius 2 is 1.72 bits per heavy atom. The Balaban J connectivity index is 1.35. The number of nitriles is 2. The molecule has 0 spiro atoms. The van der Waals surface area contributed by atoms with Crippen molar-refractivity contribution >= 4 is 52.4 Å². The van der Waals surface area contributed by atoms with E-state index in [1.807, 2.05) is 29.6 Å². The summed E-state index contributed by atoms with van der Waals surface area (Å²) >= 11 is 9.01. The molecule has 0 aliphatic carbocycles. The molecule has 0 saturated carbocycles. The molecule has 0 unspecified atom stereocenters. The first-order valence-corrected chi connectivity index (χ1v) is 19.6. The molecule has 1 amide bonds. The average molecular weight is 773 g/mol. The first-order chi connectivity index (χ1) is 25.7. The Hall–Kier alpha value is -4.70. The summed E-state index contributed by atoms with van der Waals surface area (Å²) in [6.45, 7) is 2.32. The van der Waals surface area contributed by atoms with Crippen LogP contribution in [0.25, 0.3) is 21.7 Å². The number of carboxylic acids is 1. The van der Waals surface area contributed by atoms with Gasteiger partial charge >= 0.3 is 5.97 Å². The fourth-order valence-electron chi connectivity index (χ4n) is 5.97. The minimum absolute atomic E-state index is 0.0165. The monoisotopic (exact) mass is 772 g/mol. The third-order valence-electron chi connectivity index (χ3n) is 8.74. The van der Waals surface area contributed by atoms with Crippen molar-refractivity contribution in [2.75, 3.05) is 44.2 Å². The molecule has 1 fully saturated rings. The molecule has 1 aliphatic rings. The number of thioether (sulfide) groups is 1. The van der Waals surface area contributed by atoms with Gasteiger partial charge in [0.25, 0.3) is 0 Å². The van der Waals surface area contributed by atoms with Crippen LogP contribution in [0.1, 0.15) is 55.3 Å². The molecule has 15 heteroatoms. The summed E-state index contributed by atoms with van der Waals surface area (Å²) in [6, 6.07) is 18.5. The maximum absolute atomic E-state index is 13.0. The number of thiazole rings is 1. The first kappa shape index (κ1) is 39.5. The van der Waals surface area contributed by atoms with E-state index in [-0.39, 0.29) is 32.0 Å². The maximum atomic E-state index is 13.0. The number of anilines is 1. The van der Waals surface area contributed by atoms with Crippen LogP contribution < -0.4 is 21.1 Å². The zero-order chi connectivity index (χ0) is 37.7. The highest BCUT2D eigenvalue weighted by Crippen LogP contribution is 2.40. The molecule has 0 radical (unpaired) electrons. The van der Waals surface area contributed by atoms with Crippen molar-refractivity contribution in [2.24, 2.45) is 11.5 Å². The minimum atomic E-state index is -1.01. The Bertz CT molecular complexity index is 1950. The summed E-state index contributed by atoms with van der Waals surface area (Å²) in [7, 11) is 0. The van der Waals surface area contributed by atoms with Gasteiger partial charge in [0.1, 0.15) is 45.9 Å². The molecule has 12 nitrogen and oxygen atoms in total. The van der Waals surface area contributed by atoms with Crippen LogP contribution in [0.5, 0.6) is 5.75 Å². The maximum Gasteiger partial charge on any atom is 0.305 e. The molecule has 5 N–H and O–H groups in total. The highest BCUT2D eigenvalue weighted by Gasteiger charge is 2.27. The minimum Gasteiger partial charge on any atom is -0.492 e. The van der Waals surface area contributed by atoms with E-state index in [9.17, 15) is 25.2 Å². The number of aliphatic carboxylic acids is 1. The largest absolute Gasteiger partial charge is 0.492 e. The standard InChI is InChI=1S/C38H41ClN8O4S2/c39-27-10-6-26(7-11-27)36-44-28(23-52-36)24-53-37-31(22-42)34(30(21-41)35(45-37)46-16-3-4-17-46)25-8-12-29(13-9-25)51-20-19-47(18-14-33(48)49)38(50)32(43)5-1-2-15-40/h6-13,23,32H,1-5,14-20,24,40,43H2,(H,48,49)/t32-/m0/s1. The summed E-state index contributed by atoms with van der Waals surface area (Å²) < 4.78 is 5.97. The Labute approximate surface area is 322 Å². The van der Waals surface area contributed by atoms with Gasteiger partial charge in [-0.2, -0.15) is 10.5 Å². The second-order valence-electron chi connectivity index (χ2n) is 12.5. The first-order valence-electron chi connectivity index (χ1n) is 17.4. The molecular formula is C38H41ClN8O4S2. The van der Waals surface area contributed by atoms with Gasteiger partial charge in [-0.05, 0) is 62.1 Å². The molecule has 2 aromatic heterocycles. The van der Waals surface area contributed by atoms with Gasteiger partial charge in [-0.1, -0.05) is 54.0 Å². The third-order valence-corrected chi connectivity index (χ3v) is 10.9. The van der Waals surface area contributed by atoms with Crippen LogP contribution in [-0.2, 0) is 15.3 Å². The smallest absolute Gasteiger partial charge is 0.305 e. The van der Waals surface area contributed by atoms with Gasteiger partial charge in [-0.25, -0.2) is 9.97 Å². The number of rotatable bonds is 18. The van der Waals surface area contributed by atoms with Crippen LogP contribution in [-0.4, -0.2) is 77.2 Å². The average Bonchev–Trinajstić information content (AvgIpc) is 3.88. The molecule has 5 rings (SSSR count). The number of aromatic nitrogens is 2. The second-order valence-corrected chi connectivity index (χ2v) is 14.7. The number of amides is 1. The predicted octanol–water partition coefficient (Wildman–Crippen LogP) is 6.30. The van der Waals surface area contributed by atoms with E-state index in [2.05, 4.69) is 17.0 Å². The lowest BCUT2D eigenvalue weighted by Gasteiger charge is -2.25. The van der Waals surface area contributed by atoms with Crippen LogP contribution in [0, 0.1) is 22.7 Å². The number of halogens is 1. The zero-order valence-electron chi connectivity index (χ0n) is 29.2. The lowest BCUT2D eigenvalue weighted by molar-refractivity contribution is -0.139. The molecular weight excluding hydrogens is 732 g/mol.